The fourth-order valence-corrected chi connectivity index (χ4v) is 4.75. The van der Waals surface area contributed by atoms with Crippen LogP contribution < -0.4 is 10.5 Å². The number of H-pyrrole nitrogens is 1. The van der Waals surface area contributed by atoms with Gasteiger partial charge in [0.15, 0.2) is 0 Å². The molecule has 2 aromatic carbocycles. The molecule has 4 heteroatoms. The Bertz CT molecular complexity index is 1190. The molecule has 0 saturated heterocycles. The Kier molecular flexibility index (Phi) is 4.99. The molecule has 1 aromatic heterocycles. The molecule has 1 unspecified atom stereocenters. The third kappa shape index (κ3) is 3.52. The van der Waals surface area contributed by atoms with Crippen LogP contribution in [0.2, 0.25) is 0 Å². The van der Waals surface area contributed by atoms with Gasteiger partial charge in [0.05, 0.1) is 0 Å². The predicted molar refractivity (Wildman–Crippen MR) is 122 cm³/mol. The smallest absolute Gasteiger partial charge is 0.266 e. The number of aromatic nitrogens is 1. The standard InChI is InChI=1S/C26H27N3O/c1-17-14-26(3,4)29(16-19-8-6-5-7-9-19)24-11-10-20(13-21(17)24)22-12-18(2)28-25(30)23(22)15-27/h5-13,17H,14,16H2,1-4H3,(H,28,30). The fraction of sp³-hybridized carbons (Fsp3) is 0.308. The van der Waals surface area contributed by atoms with E-state index in [1.807, 2.05) is 25.1 Å². The fourth-order valence-electron chi connectivity index (χ4n) is 4.75. The van der Waals surface area contributed by atoms with Crippen molar-refractivity contribution in [1.29, 1.82) is 5.26 Å². The number of fused-ring (bicyclic) bond motifs is 1. The molecule has 4 nitrogen and oxygen atoms in total. The molecule has 0 amide bonds. The first-order valence-electron chi connectivity index (χ1n) is 10.4. The molecule has 1 atom stereocenters. The maximum atomic E-state index is 12.3. The summed E-state index contributed by atoms with van der Waals surface area (Å²) in [4.78, 5) is 17.5. The van der Waals surface area contributed by atoms with Gasteiger partial charge in [0.1, 0.15) is 11.6 Å². The van der Waals surface area contributed by atoms with Gasteiger partial charge in [-0.15, -0.1) is 0 Å². The minimum atomic E-state index is -0.329. The number of aromatic amines is 1. The van der Waals surface area contributed by atoms with E-state index in [1.54, 1.807) is 0 Å². The third-order valence-corrected chi connectivity index (χ3v) is 6.16. The second-order valence-corrected chi connectivity index (χ2v) is 8.94. The van der Waals surface area contributed by atoms with Crippen LogP contribution in [-0.2, 0) is 6.54 Å². The summed E-state index contributed by atoms with van der Waals surface area (Å²) in [6, 6.07) is 20.9. The lowest BCUT2D eigenvalue weighted by Crippen LogP contribution is -2.47. The molecular formula is C26H27N3O. The topological polar surface area (TPSA) is 59.9 Å². The Morgan fingerprint density at radius 1 is 1.17 bits per heavy atom. The molecule has 0 fully saturated rings. The van der Waals surface area contributed by atoms with Crippen LogP contribution in [0.1, 0.15) is 55.5 Å². The summed E-state index contributed by atoms with van der Waals surface area (Å²) in [5.41, 5.74) is 6.03. The largest absolute Gasteiger partial charge is 0.362 e. The Morgan fingerprint density at radius 3 is 2.60 bits per heavy atom. The summed E-state index contributed by atoms with van der Waals surface area (Å²) in [5.74, 6) is 0.385. The van der Waals surface area contributed by atoms with Crippen molar-refractivity contribution in [2.45, 2.75) is 52.1 Å². The van der Waals surface area contributed by atoms with Crippen LogP contribution in [0.3, 0.4) is 0 Å². The molecule has 0 bridgehead atoms. The van der Waals surface area contributed by atoms with E-state index < -0.39 is 0 Å². The summed E-state index contributed by atoms with van der Waals surface area (Å²) in [6.45, 7) is 9.56. The van der Waals surface area contributed by atoms with E-state index in [-0.39, 0.29) is 16.7 Å². The molecule has 0 radical (unpaired) electrons. The van der Waals surface area contributed by atoms with E-state index >= 15 is 0 Å². The van der Waals surface area contributed by atoms with Crippen LogP contribution in [0.5, 0.6) is 0 Å². The molecule has 1 N–H and O–H groups in total. The van der Waals surface area contributed by atoms with Crippen molar-refractivity contribution in [1.82, 2.24) is 4.98 Å². The summed E-state index contributed by atoms with van der Waals surface area (Å²) in [7, 11) is 0. The first-order chi connectivity index (χ1) is 14.3. The summed E-state index contributed by atoms with van der Waals surface area (Å²) in [5, 5.41) is 9.54. The summed E-state index contributed by atoms with van der Waals surface area (Å²) in [6.07, 6.45) is 1.04. The van der Waals surface area contributed by atoms with E-state index in [1.165, 1.54) is 16.8 Å². The zero-order valence-electron chi connectivity index (χ0n) is 18.0. The van der Waals surface area contributed by atoms with Gasteiger partial charge in [-0.25, -0.2) is 0 Å². The Balaban J connectivity index is 1.83. The van der Waals surface area contributed by atoms with Crippen molar-refractivity contribution in [2.75, 3.05) is 4.90 Å². The lowest BCUT2D eigenvalue weighted by Gasteiger charge is -2.48. The molecular weight excluding hydrogens is 370 g/mol. The predicted octanol–water partition coefficient (Wildman–Crippen LogP) is 5.51. The van der Waals surface area contributed by atoms with E-state index in [0.29, 0.717) is 11.5 Å². The first kappa shape index (κ1) is 20.0. The first-order valence-corrected chi connectivity index (χ1v) is 10.4. The van der Waals surface area contributed by atoms with Crippen molar-refractivity contribution >= 4 is 5.69 Å². The number of hydrogen-bond acceptors (Lipinski definition) is 3. The van der Waals surface area contributed by atoms with Gasteiger partial charge < -0.3 is 9.88 Å². The van der Waals surface area contributed by atoms with Gasteiger partial charge in [0.25, 0.3) is 5.56 Å². The van der Waals surface area contributed by atoms with Crippen molar-refractivity contribution in [3.8, 4) is 17.2 Å². The van der Waals surface area contributed by atoms with Gasteiger partial charge in [-0.1, -0.05) is 43.3 Å². The highest BCUT2D eigenvalue weighted by Gasteiger charge is 2.36. The quantitative estimate of drug-likeness (QED) is 0.633. The van der Waals surface area contributed by atoms with Crippen LogP contribution in [-0.4, -0.2) is 10.5 Å². The number of aryl methyl sites for hydroxylation is 1. The van der Waals surface area contributed by atoms with Crippen LogP contribution >= 0.6 is 0 Å². The maximum absolute atomic E-state index is 12.3. The van der Waals surface area contributed by atoms with E-state index in [4.69, 9.17) is 0 Å². The van der Waals surface area contributed by atoms with Gasteiger partial charge in [0, 0.05) is 29.0 Å². The molecule has 1 aliphatic heterocycles. The number of benzene rings is 2. The molecule has 0 saturated carbocycles. The van der Waals surface area contributed by atoms with Crippen molar-refractivity contribution in [2.24, 2.45) is 0 Å². The van der Waals surface area contributed by atoms with Gasteiger partial charge >= 0.3 is 0 Å². The zero-order valence-corrected chi connectivity index (χ0v) is 18.0. The Morgan fingerprint density at radius 2 is 1.90 bits per heavy atom. The summed E-state index contributed by atoms with van der Waals surface area (Å²) < 4.78 is 0. The lowest BCUT2D eigenvalue weighted by atomic mass is 9.79. The normalized spacial score (nSPS) is 17.3. The second-order valence-electron chi connectivity index (χ2n) is 8.94. The molecule has 0 spiro atoms. The third-order valence-electron chi connectivity index (χ3n) is 6.16. The molecule has 4 rings (SSSR count). The van der Waals surface area contributed by atoms with E-state index in [0.717, 1.165) is 24.2 Å². The zero-order chi connectivity index (χ0) is 21.5. The highest BCUT2D eigenvalue weighted by molar-refractivity contribution is 5.75. The average molecular weight is 398 g/mol. The van der Waals surface area contributed by atoms with Gasteiger partial charge in [-0.3, -0.25) is 4.79 Å². The van der Waals surface area contributed by atoms with Gasteiger partial charge in [0.2, 0.25) is 0 Å². The number of nitriles is 1. The molecule has 30 heavy (non-hydrogen) atoms. The number of anilines is 1. The molecule has 3 aromatic rings. The van der Waals surface area contributed by atoms with Crippen molar-refractivity contribution in [3.05, 3.63) is 87.3 Å². The molecule has 0 aliphatic carbocycles. The lowest BCUT2D eigenvalue weighted by molar-refractivity contribution is 0.374. The van der Waals surface area contributed by atoms with Gasteiger partial charge in [-0.2, -0.15) is 5.26 Å². The van der Waals surface area contributed by atoms with Crippen molar-refractivity contribution < 1.29 is 0 Å². The highest BCUT2D eigenvalue weighted by atomic mass is 16.1. The van der Waals surface area contributed by atoms with E-state index in [2.05, 4.69) is 73.1 Å². The second kappa shape index (κ2) is 7.50. The average Bonchev–Trinajstić information content (AvgIpc) is 2.71. The number of pyridine rings is 1. The SMILES string of the molecule is Cc1cc(-c2ccc3c(c2)C(C)CC(C)(C)N3Cc2ccccc2)c(C#N)c(=O)[nH]1. The summed E-state index contributed by atoms with van der Waals surface area (Å²) >= 11 is 0. The van der Waals surface area contributed by atoms with Crippen molar-refractivity contribution in [3.63, 3.8) is 0 Å². The minimum Gasteiger partial charge on any atom is -0.362 e. The Hall–Kier alpha value is -3.32. The van der Waals surface area contributed by atoms with Crippen LogP contribution in [0.15, 0.2) is 59.4 Å². The highest BCUT2D eigenvalue weighted by Crippen LogP contribution is 2.45. The monoisotopic (exact) mass is 397 g/mol. The van der Waals surface area contributed by atoms with Gasteiger partial charge in [-0.05, 0) is 68.0 Å². The minimum absolute atomic E-state index is 0.0298. The number of rotatable bonds is 3. The number of nitrogens with one attached hydrogen (secondary N) is 1. The number of nitrogens with zero attached hydrogens (tertiary/aromatic N) is 2. The molecule has 2 heterocycles. The molecule has 1 aliphatic rings. The van der Waals surface area contributed by atoms with E-state index in [9.17, 15) is 10.1 Å². The van der Waals surface area contributed by atoms with Crippen LogP contribution in [0, 0.1) is 18.3 Å². The Labute approximate surface area is 177 Å². The molecule has 152 valence electrons. The van der Waals surface area contributed by atoms with Crippen LogP contribution in [0.25, 0.3) is 11.1 Å². The maximum Gasteiger partial charge on any atom is 0.266 e. The number of hydrogen-bond donors (Lipinski definition) is 1. The van der Waals surface area contributed by atoms with Crippen LogP contribution in [0.4, 0.5) is 5.69 Å².